The van der Waals surface area contributed by atoms with Gasteiger partial charge in [0.2, 0.25) is 0 Å². The van der Waals surface area contributed by atoms with Gasteiger partial charge < -0.3 is 10.1 Å². The van der Waals surface area contributed by atoms with Crippen LogP contribution in [0.3, 0.4) is 0 Å². The van der Waals surface area contributed by atoms with E-state index in [-0.39, 0.29) is 18.3 Å². The number of rotatable bonds is 7. The summed E-state index contributed by atoms with van der Waals surface area (Å²) in [4.78, 5) is 12.6. The Morgan fingerprint density at radius 1 is 1.03 bits per heavy atom. The molecule has 0 spiro atoms. The van der Waals surface area contributed by atoms with Crippen LogP contribution in [0.1, 0.15) is 21.7 Å². The van der Waals surface area contributed by atoms with Crippen LogP contribution < -0.4 is 10.1 Å². The van der Waals surface area contributed by atoms with E-state index in [1.165, 1.54) is 4.68 Å². The number of anilines is 1. The number of carbonyl (C=O) groups is 1. The fourth-order valence-corrected chi connectivity index (χ4v) is 3.23. The maximum absolute atomic E-state index is 12.6. The molecule has 4 aromatic rings. The van der Waals surface area contributed by atoms with Gasteiger partial charge in [0.25, 0.3) is 5.91 Å². The van der Waals surface area contributed by atoms with Crippen LogP contribution in [0.2, 0.25) is 10.0 Å². The summed E-state index contributed by atoms with van der Waals surface area (Å²) in [5, 5.41) is 12.8. The van der Waals surface area contributed by atoms with Crippen molar-refractivity contribution in [1.29, 1.82) is 0 Å². The van der Waals surface area contributed by atoms with Gasteiger partial charge in [0.05, 0.1) is 6.54 Å². The molecule has 0 aliphatic heterocycles. The second-order valence-electron chi connectivity index (χ2n) is 6.88. The maximum atomic E-state index is 12.6. The number of amides is 1. The first kappa shape index (κ1) is 21.0. The molecule has 31 heavy (non-hydrogen) atoms. The lowest BCUT2D eigenvalue weighted by atomic mass is 10.2. The van der Waals surface area contributed by atoms with Gasteiger partial charge in [0.1, 0.15) is 5.75 Å². The van der Waals surface area contributed by atoms with E-state index in [2.05, 4.69) is 15.5 Å². The second kappa shape index (κ2) is 9.24. The van der Waals surface area contributed by atoms with Crippen molar-refractivity contribution in [2.75, 3.05) is 5.32 Å². The van der Waals surface area contributed by atoms with Crippen LogP contribution in [-0.4, -0.2) is 25.5 Å². The van der Waals surface area contributed by atoms with Gasteiger partial charge in [-0.2, -0.15) is 10.2 Å². The molecule has 0 aliphatic carbocycles. The van der Waals surface area contributed by atoms with Crippen molar-refractivity contribution in [2.24, 2.45) is 0 Å². The molecule has 0 fully saturated rings. The van der Waals surface area contributed by atoms with Crippen LogP contribution in [0.5, 0.6) is 5.75 Å². The number of nitrogens with zero attached hydrogens (tertiary/aromatic N) is 4. The Hall–Kier alpha value is -3.29. The van der Waals surface area contributed by atoms with Crippen LogP contribution >= 0.6 is 23.2 Å². The zero-order valence-electron chi connectivity index (χ0n) is 16.6. The summed E-state index contributed by atoms with van der Waals surface area (Å²) in [5.41, 5.74) is 2.25. The van der Waals surface area contributed by atoms with Gasteiger partial charge in [-0.05, 0) is 48.9 Å². The second-order valence-corrected chi connectivity index (χ2v) is 7.75. The van der Waals surface area contributed by atoms with Crippen molar-refractivity contribution in [3.05, 3.63) is 93.9 Å². The molecule has 2 aromatic heterocycles. The Labute approximate surface area is 189 Å². The van der Waals surface area contributed by atoms with Crippen LogP contribution in [-0.2, 0) is 13.3 Å². The molecule has 0 bridgehead atoms. The molecule has 0 radical (unpaired) electrons. The topological polar surface area (TPSA) is 74.0 Å². The Kier molecular flexibility index (Phi) is 6.25. The number of benzene rings is 2. The summed E-state index contributed by atoms with van der Waals surface area (Å²) < 4.78 is 8.97. The standard InChI is InChI=1S/C22H19Cl2N5O2/c1-15-11-21(27-29(15)13-16-5-7-17(23)8-6-16)25-22(30)20-9-10-28(26-20)14-31-19-4-2-3-18(24)12-19/h2-12H,13-14H2,1H3,(H,25,27,30). The molecule has 7 nitrogen and oxygen atoms in total. The first-order valence-corrected chi connectivity index (χ1v) is 10.2. The zero-order valence-corrected chi connectivity index (χ0v) is 18.1. The van der Waals surface area contributed by atoms with E-state index in [0.717, 1.165) is 11.3 Å². The first-order chi connectivity index (χ1) is 15.0. The molecular weight excluding hydrogens is 437 g/mol. The molecule has 2 heterocycles. The van der Waals surface area contributed by atoms with Crippen LogP contribution in [0, 0.1) is 6.92 Å². The lowest BCUT2D eigenvalue weighted by Gasteiger charge is -2.06. The summed E-state index contributed by atoms with van der Waals surface area (Å²) in [6.07, 6.45) is 1.67. The highest BCUT2D eigenvalue weighted by Gasteiger charge is 2.13. The Balaban J connectivity index is 1.37. The summed E-state index contributed by atoms with van der Waals surface area (Å²) in [6.45, 7) is 2.66. The van der Waals surface area contributed by atoms with Gasteiger partial charge >= 0.3 is 0 Å². The summed E-state index contributed by atoms with van der Waals surface area (Å²) in [6, 6.07) is 18.1. The molecule has 2 aromatic carbocycles. The first-order valence-electron chi connectivity index (χ1n) is 9.48. The minimum absolute atomic E-state index is 0.155. The van der Waals surface area contributed by atoms with Crippen molar-refractivity contribution in [3.8, 4) is 5.75 Å². The Morgan fingerprint density at radius 3 is 2.61 bits per heavy atom. The molecule has 1 amide bonds. The molecule has 0 saturated heterocycles. The minimum Gasteiger partial charge on any atom is -0.471 e. The highest BCUT2D eigenvalue weighted by atomic mass is 35.5. The summed E-state index contributed by atoms with van der Waals surface area (Å²) >= 11 is 11.9. The van der Waals surface area contributed by atoms with Gasteiger partial charge in [0.15, 0.2) is 18.2 Å². The fraction of sp³-hybridized carbons (Fsp3) is 0.136. The quantitative estimate of drug-likeness (QED) is 0.423. The SMILES string of the molecule is Cc1cc(NC(=O)c2ccn(COc3cccc(Cl)c3)n2)nn1Cc1ccc(Cl)cc1. The Morgan fingerprint density at radius 2 is 1.84 bits per heavy atom. The normalized spacial score (nSPS) is 10.8. The van der Waals surface area contributed by atoms with Crippen LogP contribution in [0.4, 0.5) is 5.82 Å². The van der Waals surface area contributed by atoms with E-state index in [9.17, 15) is 4.79 Å². The molecule has 4 rings (SSSR count). The number of hydrogen-bond acceptors (Lipinski definition) is 4. The molecule has 0 saturated carbocycles. The van der Waals surface area contributed by atoms with Crippen LogP contribution in [0.25, 0.3) is 0 Å². The number of aromatic nitrogens is 4. The summed E-state index contributed by atoms with van der Waals surface area (Å²) in [7, 11) is 0. The minimum atomic E-state index is -0.349. The predicted octanol–water partition coefficient (Wildman–Crippen LogP) is 5.03. The molecule has 158 valence electrons. The molecule has 0 unspecified atom stereocenters. The molecule has 1 N–H and O–H groups in total. The molecule has 0 aliphatic rings. The van der Waals surface area contributed by atoms with E-state index >= 15 is 0 Å². The van der Waals surface area contributed by atoms with Gasteiger partial charge in [-0.1, -0.05) is 41.4 Å². The molecule has 0 atom stereocenters. The zero-order chi connectivity index (χ0) is 21.8. The largest absolute Gasteiger partial charge is 0.471 e. The highest BCUT2D eigenvalue weighted by Crippen LogP contribution is 2.18. The van der Waals surface area contributed by atoms with Crippen molar-refractivity contribution in [1.82, 2.24) is 19.6 Å². The van der Waals surface area contributed by atoms with Crippen molar-refractivity contribution < 1.29 is 9.53 Å². The van der Waals surface area contributed by atoms with Crippen molar-refractivity contribution in [3.63, 3.8) is 0 Å². The van der Waals surface area contributed by atoms with Crippen molar-refractivity contribution in [2.45, 2.75) is 20.2 Å². The van der Waals surface area contributed by atoms with Crippen LogP contribution in [0.15, 0.2) is 66.9 Å². The predicted molar refractivity (Wildman–Crippen MR) is 120 cm³/mol. The van der Waals surface area contributed by atoms with E-state index in [1.807, 2.05) is 41.9 Å². The lowest BCUT2D eigenvalue weighted by molar-refractivity contribution is 0.101. The van der Waals surface area contributed by atoms with E-state index in [4.69, 9.17) is 27.9 Å². The number of nitrogens with one attached hydrogen (secondary N) is 1. The van der Waals surface area contributed by atoms with Gasteiger partial charge in [0, 0.05) is 28.0 Å². The number of carbonyl (C=O) groups excluding carboxylic acids is 1. The fourth-order valence-electron chi connectivity index (χ4n) is 2.93. The van der Waals surface area contributed by atoms with Gasteiger partial charge in [-0.3, -0.25) is 9.48 Å². The number of hydrogen-bond donors (Lipinski definition) is 1. The number of ether oxygens (including phenoxy) is 1. The lowest BCUT2D eigenvalue weighted by Crippen LogP contribution is -2.15. The number of halogens is 2. The smallest absolute Gasteiger partial charge is 0.277 e. The van der Waals surface area contributed by atoms with E-state index in [0.29, 0.717) is 28.2 Å². The number of aryl methyl sites for hydroxylation is 1. The molecule has 9 heteroatoms. The average Bonchev–Trinajstić information content (AvgIpc) is 3.35. The van der Waals surface area contributed by atoms with E-state index < -0.39 is 0 Å². The third-order valence-corrected chi connectivity index (χ3v) is 4.99. The summed E-state index contributed by atoms with van der Waals surface area (Å²) in [5.74, 6) is 0.731. The average molecular weight is 456 g/mol. The van der Waals surface area contributed by atoms with Gasteiger partial charge in [-0.15, -0.1) is 0 Å². The maximum Gasteiger partial charge on any atom is 0.277 e. The third-order valence-electron chi connectivity index (χ3n) is 4.50. The molecular formula is C22H19Cl2N5O2. The van der Waals surface area contributed by atoms with E-state index in [1.54, 1.807) is 36.5 Å². The van der Waals surface area contributed by atoms with Crippen molar-refractivity contribution >= 4 is 34.9 Å². The Bertz CT molecular complexity index is 1200. The third kappa shape index (κ3) is 5.45. The highest BCUT2D eigenvalue weighted by molar-refractivity contribution is 6.30. The van der Waals surface area contributed by atoms with Gasteiger partial charge in [-0.25, -0.2) is 4.68 Å². The monoisotopic (exact) mass is 455 g/mol.